The molecule has 2 heterocycles. The summed E-state index contributed by atoms with van der Waals surface area (Å²) in [6, 6.07) is 4.55. The van der Waals surface area contributed by atoms with E-state index in [1.54, 1.807) is 6.20 Å². The Morgan fingerprint density at radius 3 is 2.75 bits per heavy atom. The van der Waals surface area contributed by atoms with Crippen molar-refractivity contribution in [2.75, 3.05) is 6.54 Å². The molecular weight excluding hydrogens is 290 g/mol. The summed E-state index contributed by atoms with van der Waals surface area (Å²) >= 11 is 8.22. The van der Waals surface area contributed by atoms with Crippen LogP contribution in [0.25, 0.3) is 0 Å². The molecule has 1 unspecified atom stereocenters. The lowest BCUT2D eigenvalue weighted by atomic mass is 10.1. The monoisotopic (exact) mass is 311 g/mol. The Bertz CT molecular complexity index is 547. The Balaban J connectivity index is 2.38. The van der Waals surface area contributed by atoms with E-state index in [0.29, 0.717) is 0 Å². The highest BCUT2D eigenvalue weighted by Crippen LogP contribution is 2.32. The van der Waals surface area contributed by atoms with Crippen LogP contribution >= 0.6 is 22.9 Å². The first kappa shape index (κ1) is 15.5. The van der Waals surface area contributed by atoms with Gasteiger partial charge in [-0.15, -0.1) is 11.3 Å². The van der Waals surface area contributed by atoms with Gasteiger partial charge in [0.15, 0.2) is 0 Å². The van der Waals surface area contributed by atoms with Crippen LogP contribution in [-0.4, -0.2) is 16.3 Å². The molecule has 5 heteroatoms. The first-order valence-electron chi connectivity index (χ1n) is 7.24. The Hall–Kier alpha value is -0.840. The average Bonchev–Trinajstić information content (AvgIpc) is 3.07. The van der Waals surface area contributed by atoms with Gasteiger partial charge in [0, 0.05) is 16.3 Å². The maximum Gasteiger partial charge on any atom is 0.0857 e. The second-order valence-corrected chi connectivity index (χ2v) is 6.35. The Kier molecular flexibility index (Phi) is 5.64. The third kappa shape index (κ3) is 3.25. The van der Waals surface area contributed by atoms with Gasteiger partial charge < -0.3 is 5.32 Å². The van der Waals surface area contributed by atoms with Gasteiger partial charge in [-0.1, -0.05) is 25.4 Å². The van der Waals surface area contributed by atoms with Crippen molar-refractivity contribution in [1.29, 1.82) is 0 Å². The van der Waals surface area contributed by atoms with Crippen LogP contribution in [0.3, 0.4) is 0 Å². The summed E-state index contributed by atoms with van der Waals surface area (Å²) in [5, 5.41) is 8.71. The quantitative estimate of drug-likeness (QED) is 0.827. The van der Waals surface area contributed by atoms with Crippen LogP contribution in [0.5, 0.6) is 0 Å². The van der Waals surface area contributed by atoms with Crippen LogP contribution in [0.15, 0.2) is 18.3 Å². The standard InChI is InChI=1S/C15H22ClN3S/c1-4-9-17-14(13-8-7-11(5-2)20-13)15-12(16)10-18-19(15)6-3/h7-8,10,14,17H,4-6,9H2,1-3H3. The lowest BCUT2D eigenvalue weighted by Crippen LogP contribution is -2.25. The molecule has 0 fully saturated rings. The normalized spacial score (nSPS) is 12.8. The molecule has 2 aromatic heterocycles. The van der Waals surface area contributed by atoms with Gasteiger partial charge in [0.1, 0.15) is 0 Å². The van der Waals surface area contributed by atoms with Crippen LogP contribution in [-0.2, 0) is 13.0 Å². The van der Waals surface area contributed by atoms with Crippen molar-refractivity contribution in [3.8, 4) is 0 Å². The van der Waals surface area contributed by atoms with Crippen molar-refractivity contribution in [1.82, 2.24) is 15.1 Å². The fourth-order valence-electron chi connectivity index (χ4n) is 2.27. The van der Waals surface area contributed by atoms with Crippen molar-refractivity contribution >= 4 is 22.9 Å². The largest absolute Gasteiger partial charge is 0.304 e. The fourth-order valence-corrected chi connectivity index (χ4v) is 3.55. The second kappa shape index (κ2) is 7.25. The zero-order valence-electron chi connectivity index (χ0n) is 12.3. The van der Waals surface area contributed by atoms with Crippen LogP contribution in [0, 0.1) is 0 Å². The van der Waals surface area contributed by atoms with Gasteiger partial charge in [0.25, 0.3) is 0 Å². The lowest BCUT2D eigenvalue weighted by molar-refractivity contribution is 0.534. The van der Waals surface area contributed by atoms with E-state index >= 15 is 0 Å². The molecule has 0 aliphatic carbocycles. The molecule has 0 radical (unpaired) electrons. The molecule has 0 amide bonds. The van der Waals surface area contributed by atoms with Gasteiger partial charge in [-0.05, 0) is 38.4 Å². The van der Waals surface area contributed by atoms with E-state index in [2.05, 4.69) is 43.3 Å². The van der Waals surface area contributed by atoms with E-state index < -0.39 is 0 Å². The third-order valence-electron chi connectivity index (χ3n) is 3.32. The van der Waals surface area contributed by atoms with Crippen LogP contribution in [0.4, 0.5) is 0 Å². The maximum atomic E-state index is 6.37. The predicted molar refractivity (Wildman–Crippen MR) is 86.7 cm³/mol. The van der Waals surface area contributed by atoms with E-state index in [1.807, 2.05) is 16.0 Å². The number of nitrogens with one attached hydrogen (secondary N) is 1. The van der Waals surface area contributed by atoms with Gasteiger partial charge in [-0.2, -0.15) is 5.10 Å². The maximum absolute atomic E-state index is 6.37. The van der Waals surface area contributed by atoms with E-state index in [1.165, 1.54) is 9.75 Å². The third-order valence-corrected chi connectivity index (χ3v) is 4.91. The summed E-state index contributed by atoms with van der Waals surface area (Å²) in [4.78, 5) is 2.72. The summed E-state index contributed by atoms with van der Waals surface area (Å²) in [5.74, 6) is 0. The van der Waals surface area contributed by atoms with Crippen LogP contribution < -0.4 is 5.32 Å². The van der Waals surface area contributed by atoms with E-state index in [-0.39, 0.29) is 6.04 Å². The number of aromatic nitrogens is 2. The van der Waals surface area contributed by atoms with E-state index in [9.17, 15) is 0 Å². The van der Waals surface area contributed by atoms with Crippen molar-refractivity contribution in [2.24, 2.45) is 0 Å². The SMILES string of the molecule is CCCNC(c1ccc(CC)s1)c1c(Cl)cnn1CC. The Morgan fingerprint density at radius 2 is 2.15 bits per heavy atom. The highest BCUT2D eigenvalue weighted by atomic mass is 35.5. The molecule has 0 aromatic carbocycles. The highest BCUT2D eigenvalue weighted by Gasteiger charge is 2.22. The number of aryl methyl sites for hydroxylation is 2. The number of halogens is 1. The molecule has 20 heavy (non-hydrogen) atoms. The summed E-state index contributed by atoms with van der Waals surface area (Å²) in [7, 11) is 0. The molecular formula is C15H22ClN3S. The van der Waals surface area contributed by atoms with E-state index in [0.717, 1.165) is 36.6 Å². The molecule has 1 N–H and O–H groups in total. The number of rotatable bonds is 7. The molecule has 0 aliphatic heterocycles. The van der Waals surface area contributed by atoms with Gasteiger partial charge in [0.2, 0.25) is 0 Å². The Labute approximate surface area is 130 Å². The predicted octanol–water partition coefficient (Wildman–Crippen LogP) is 4.27. The second-order valence-electron chi connectivity index (χ2n) is 4.74. The summed E-state index contributed by atoms with van der Waals surface area (Å²) in [6.45, 7) is 8.26. The fraction of sp³-hybridized carbons (Fsp3) is 0.533. The summed E-state index contributed by atoms with van der Waals surface area (Å²) in [5.41, 5.74) is 1.08. The van der Waals surface area contributed by atoms with Gasteiger partial charge in [0.05, 0.1) is 23.0 Å². The average molecular weight is 312 g/mol. The number of nitrogens with zero attached hydrogens (tertiary/aromatic N) is 2. The smallest absolute Gasteiger partial charge is 0.0857 e. The minimum Gasteiger partial charge on any atom is -0.304 e. The first-order valence-corrected chi connectivity index (χ1v) is 8.43. The van der Waals surface area contributed by atoms with Gasteiger partial charge >= 0.3 is 0 Å². The van der Waals surface area contributed by atoms with Crippen LogP contribution in [0.1, 0.15) is 48.7 Å². The molecule has 0 saturated heterocycles. The van der Waals surface area contributed by atoms with E-state index in [4.69, 9.17) is 11.6 Å². The molecule has 0 saturated carbocycles. The van der Waals surface area contributed by atoms with Crippen molar-refractivity contribution in [2.45, 2.75) is 46.2 Å². The minimum absolute atomic E-state index is 0.134. The van der Waals surface area contributed by atoms with Crippen molar-refractivity contribution in [3.05, 3.63) is 38.8 Å². The molecule has 0 aliphatic rings. The number of thiophene rings is 1. The van der Waals surface area contributed by atoms with Crippen LogP contribution in [0.2, 0.25) is 5.02 Å². The van der Waals surface area contributed by atoms with Crippen molar-refractivity contribution in [3.63, 3.8) is 0 Å². The highest BCUT2D eigenvalue weighted by molar-refractivity contribution is 7.12. The van der Waals surface area contributed by atoms with Gasteiger partial charge in [-0.25, -0.2) is 0 Å². The molecule has 1 atom stereocenters. The summed E-state index contributed by atoms with van der Waals surface area (Å²) < 4.78 is 1.99. The van der Waals surface area contributed by atoms with Gasteiger partial charge in [-0.3, -0.25) is 4.68 Å². The lowest BCUT2D eigenvalue weighted by Gasteiger charge is -2.19. The molecule has 2 rings (SSSR count). The first-order chi connectivity index (χ1) is 9.71. The molecule has 3 nitrogen and oxygen atoms in total. The molecule has 110 valence electrons. The molecule has 2 aromatic rings. The topological polar surface area (TPSA) is 29.9 Å². The minimum atomic E-state index is 0.134. The Morgan fingerprint density at radius 1 is 1.35 bits per heavy atom. The zero-order chi connectivity index (χ0) is 14.5. The molecule has 0 bridgehead atoms. The number of hydrogen-bond acceptors (Lipinski definition) is 3. The summed E-state index contributed by atoms with van der Waals surface area (Å²) in [6.07, 6.45) is 3.92. The van der Waals surface area contributed by atoms with Crippen molar-refractivity contribution < 1.29 is 0 Å². The molecule has 0 spiro atoms. The zero-order valence-corrected chi connectivity index (χ0v) is 13.9. The number of hydrogen-bond donors (Lipinski definition) is 1.